The van der Waals surface area contributed by atoms with Crippen LogP contribution in [0.15, 0.2) is 18.3 Å². The summed E-state index contributed by atoms with van der Waals surface area (Å²) in [4.78, 5) is 24.9. The number of quaternary nitrogens is 1. The van der Waals surface area contributed by atoms with E-state index in [4.69, 9.17) is 10.4 Å². The molecule has 0 fully saturated rings. The number of pyridine rings is 1. The summed E-state index contributed by atoms with van der Waals surface area (Å²) in [5.41, 5.74) is 3.80. The number of halogens is 1. The first-order chi connectivity index (χ1) is 9.04. The molecule has 7 nitrogen and oxygen atoms in total. The van der Waals surface area contributed by atoms with Crippen LogP contribution in [0.4, 0.5) is 5.69 Å². The maximum Gasteiger partial charge on any atom is 0.354 e. The van der Waals surface area contributed by atoms with E-state index in [9.17, 15) is 9.59 Å². The van der Waals surface area contributed by atoms with Gasteiger partial charge in [-0.05, 0) is 12.1 Å². The second-order valence-electron chi connectivity index (χ2n) is 2.76. The average molecular weight is 288 g/mol. The number of carboxylic acids is 1. The molecule has 0 aliphatic heterocycles. The Morgan fingerprint density at radius 1 is 1.53 bits per heavy atom. The number of carbonyl (C=O) groups is 2. The maximum absolute atomic E-state index is 10.9. The number of hydrogen-bond acceptors (Lipinski definition) is 4. The van der Waals surface area contributed by atoms with Gasteiger partial charge in [0, 0.05) is 13.3 Å². The number of amides is 1. The van der Waals surface area contributed by atoms with Gasteiger partial charge >= 0.3 is 5.97 Å². The number of aromatic carboxylic acids is 1. The Labute approximate surface area is 116 Å². The summed E-state index contributed by atoms with van der Waals surface area (Å²) < 4.78 is 0. The van der Waals surface area contributed by atoms with Crippen LogP contribution >= 0.6 is 11.6 Å². The van der Waals surface area contributed by atoms with Crippen molar-refractivity contribution in [1.29, 1.82) is 5.26 Å². The van der Waals surface area contributed by atoms with E-state index in [1.54, 1.807) is 6.07 Å². The molecule has 1 amide bonds. The zero-order chi connectivity index (χ0) is 15.3. The fraction of sp³-hybridized carbons (Fsp3) is 0.273. The van der Waals surface area contributed by atoms with Gasteiger partial charge in [0.1, 0.15) is 5.69 Å². The quantitative estimate of drug-likeness (QED) is 0.690. The number of aromatic nitrogens is 1. The van der Waals surface area contributed by atoms with E-state index in [0.29, 0.717) is 5.69 Å². The lowest BCUT2D eigenvalue weighted by Crippen LogP contribution is -2.55. The minimum atomic E-state index is -1.10. The van der Waals surface area contributed by atoms with Gasteiger partial charge in [0.2, 0.25) is 0 Å². The molecule has 19 heavy (non-hydrogen) atoms. The van der Waals surface area contributed by atoms with Crippen LogP contribution in [0, 0.1) is 11.3 Å². The van der Waals surface area contributed by atoms with Gasteiger partial charge < -0.3 is 16.2 Å². The molecule has 1 aromatic heterocycles. The first-order valence-electron chi connectivity index (χ1n) is 5.02. The molecule has 104 valence electrons. The number of nitrogens with one attached hydrogen (secondary N) is 1. The Morgan fingerprint density at radius 3 is 2.37 bits per heavy atom. The highest BCUT2D eigenvalue weighted by molar-refractivity contribution is 6.15. The molecular weight excluding hydrogens is 272 g/mol. The standard InChI is InChI=1S/C8H9N3O3.C2H3N.CH3Cl/c9-3-7(12)11-5-1-2-6(8(13)14)10-4-5;1-2-3;1-2/h1-2,4H,3,9H2,(H,11,12)(H,13,14);1H3;1H3/p+1. The van der Waals surface area contributed by atoms with Gasteiger partial charge in [0.05, 0.1) is 18.0 Å². The molecular formula is C11H16ClN4O3+. The van der Waals surface area contributed by atoms with Crippen LogP contribution in [0.1, 0.15) is 17.4 Å². The maximum atomic E-state index is 10.9. The average Bonchev–Trinajstić information content (AvgIpc) is 2.42. The predicted octanol–water partition coefficient (Wildman–Crippen LogP) is 0.345. The van der Waals surface area contributed by atoms with Crippen molar-refractivity contribution in [3.8, 4) is 6.07 Å². The molecule has 1 rings (SSSR count). The van der Waals surface area contributed by atoms with Crippen LogP contribution in [-0.4, -0.2) is 34.9 Å². The second-order valence-corrected chi connectivity index (χ2v) is 2.76. The van der Waals surface area contributed by atoms with Crippen LogP contribution < -0.4 is 11.1 Å². The van der Waals surface area contributed by atoms with Crippen molar-refractivity contribution < 1.29 is 20.4 Å². The van der Waals surface area contributed by atoms with Crippen LogP contribution in [0.2, 0.25) is 0 Å². The zero-order valence-corrected chi connectivity index (χ0v) is 11.4. The van der Waals surface area contributed by atoms with E-state index in [2.05, 4.69) is 27.6 Å². The van der Waals surface area contributed by atoms with Crippen molar-refractivity contribution in [2.45, 2.75) is 6.92 Å². The second kappa shape index (κ2) is 12.3. The van der Waals surface area contributed by atoms with Gasteiger partial charge in [0.15, 0.2) is 6.54 Å². The predicted molar refractivity (Wildman–Crippen MR) is 70.6 cm³/mol. The van der Waals surface area contributed by atoms with Crippen molar-refractivity contribution >= 4 is 29.2 Å². The highest BCUT2D eigenvalue weighted by atomic mass is 35.5. The van der Waals surface area contributed by atoms with Crippen molar-refractivity contribution in [3.63, 3.8) is 0 Å². The molecule has 1 aromatic rings. The third-order valence-electron chi connectivity index (χ3n) is 1.49. The van der Waals surface area contributed by atoms with Gasteiger partial charge in [-0.2, -0.15) is 5.26 Å². The number of alkyl halides is 1. The molecule has 5 N–H and O–H groups in total. The summed E-state index contributed by atoms with van der Waals surface area (Å²) in [7, 11) is 0. The van der Waals surface area contributed by atoms with Gasteiger partial charge in [-0.1, -0.05) is 0 Å². The topological polar surface area (TPSA) is 131 Å². The molecule has 0 aromatic carbocycles. The molecule has 0 spiro atoms. The van der Waals surface area contributed by atoms with Crippen molar-refractivity contribution in [2.24, 2.45) is 0 Å². The first kappa shape index (κ1) is 19.2. The third-order valence-corrected chi connectivity index (χ3v) is 1.49. The Hall–Kier alpha value is -2.17. The van der Waals surface area contributed by atoms with E-state index in [0.717, 1.165) is 0 Å². The molecule has 0 radical (unpaired) electrons. The Morgan fingerprint density at radius 2 is 2.05 bits per heavy atom. The molecule has 0 aliphatic carbocycles. The molecule has 0 unspecified atom stereocenters. The molecule has 1 heterocycles. The number of nitriles is 1. The summed E-state index contributed by atoms with van der Waals surface area (Å²) in [5, 5.41) is 18.4. The highest BCUT2D eigenvalue weighted by Gasteiger charge is 2.05. The van der Waals surface area contributed by atoms with Gasteiger partial charge in [-0.15, -0.1) is 11.6 Å². The van der Waals surface area contributed by atoms with Crippen LogP contribution in [-0.2, 0) is 4.79 Å². The molecule has 0 bridgehead atoms. The van der Waals surface area contributed by atoms with E-state index in [1.807, 2.05) is 0 Å². The van der Waals surface area contributed by atoms with E-state index in [1.165, 1.54) is 31.6 Å². The molecule has 8 heteroatoms. The normalized spacial score (nSPS) is 7.74. The van der Waals surface area contributed by atoms with Crippen molar-refractivity contribution in [1.82, 2.24) is 4.98 Å². The lowest BCUT2D eigenvalue weighted by Gasteiger charge is -2.01. The van der Waals surface area contributed by atoms with Crippen LogP contribution in [0.3, 0.4) is 0 Å². The number of carboxylic acid groups (broad SMARTS) is 1. The van der Waals surface area contributed by atoms with E-state index < -0.39 is 5.97 Å². The monoisotopic (exact) mass is 287 g/mol. The summed E-state index contributed by atoms with van der Waals surface area (Å²) in [6.07, 6.45) is 2.76. The Balaban J connectivity index is 0. The van der Waals surface area contributed by atoms with Crippen LogP contribution in [0.5, 0.6) is 0 Å². The van der Waals surface area contributed by atoms with Crippen molar-refractivity contribution in [3.05, 3.63) is 24.0 Å². The SMILES string of the molecule is CC#N.CCl.[NH3+]CC(=O)Nc1ccc(C(=O)O)nc1. The minimum Gasteiger partial charge on any atom is -0.477 e. The minimum absolute atomic E-state index is 0.0578. The Kier molecular flexibility index (Phi) is 12.4. The molecule has 0 atom stereocenters. The fourth-order valence-corrected chi connectivity index (χ4v) is 0.818. The number of hydrogen-bond donors (Lipinski definition) is 3. The number of nitrogens with zero attached hydrogens (tertiary/aromatic N) is 2. The number of rotatable bonds is 3. The lowest BCUT2D eigenvalue weighted by molar-refractivity contribution is -0.353. The van der Waals surface area contributed by atoms with Gasteiger partial charge in [-0.25, -0.2) is 9.78 Å². The van der Waals surface area contributed by atoms with Gasteiger partial charge in [-0.3, -0.25) is 4.79 Å². The van der Waals surface area contributed by atoms with Crippen molar-refractivity contribution in [2.75, 3.05) is 18.2 Å². The summed E-state index contributed by atoms with van der Waals surface area (Å²) in [5.74, 6) is -1.34. The largest absolute Gasteiger partial charge is 0.477 e. The lowest BCUT2D eigenvalue weighted by atomic mass is 10.3. The van der Waals surface area contributed by atoms with Crippen LogP contribution in [0.25, 0.3) is 0 Å². The molecule has 0 saturated carbocycles. The molecule has 0 aliphatic rings. The summed E-state index contributed by atoms with van der Waals surface area (Å²) >= 11 is 4.64. The highest BCUT2D eigenvalue weighted by Crippen LogP contribution is 2.05. The van der Waals surface area contributed by atoms with Gasteiger partial charge in [0.25, 0.3) is 5.91 Å². The summed E-state index contributed by atoms with van der Waals surface area (Å²) in [6, 6.07) is 4.55. The fourth-order valence-electron chi connectivity index (χ4n) is 0.818. The Bertz CT molecular complexity index is 429. The zero-order valence-electron chi connectivity index (χ0n) is 10.7. The number of carbonyl (C=O) groups excluding carboxylic acids is 1. The summed E-state index contributed by atoms with van der Waals surface area (Å²) in [6.45, 7) is 1.56. The molecule has 0 saturated heterocycles. The third kappa shape index (κ3) is 9.52. The van der Waals surface area contributed by atoms with E-state index >= 15 is 0 Å². The number of anilines is 1. The van der Waals surface area contributed by atoms with E-state index in [-0.39, 0.29) is 18.1 Å². The first-order valence-corrected chi connectivity index (χ1v) is 5.77. The smallest absolute Gasteiger partial charge is 0.354 e.